The SMILES string of the molecule is CCN1CCN(c2ccc(NC(=O)c3sccc3-c3ccc(C)cc3)cc2C)CC1. The molecule has 30 heavy (non-hydrogen) atoms. The number of carbonyl (C=O) groups excluding carboxylic acids is 1. The fourth-order valence-electron chi connectivity index (χ4n) is 4.03. The van der Waals surface area contributed by atoms with Gasteiger partial charge in [0.1, 0.15) is 0 Å². The van der Waals surface area contributed by atoms with E-state index in [1.807, 2.05) is 17.5 Å². The molecule has 1 fully saturated rings. The lowest BCUT2D eigenvalue weighted by molar-refractivity contribution is 0.103. The molecule has 4 rings (SSSR count). The number of likely N-dealkylation sites (N-methyl/N-ethyl adjacent to an activating group) is 1. The van der Waals surface area contributed by atoms with E-state index in [1.165, 1.54) is 28.2 Å². The van der Waals surface area contributed by atoms with Gasteiger partial charge in [-0.05, 0) is 61.2 Å². The van der Waals surface area contributed by atoms with Gasteiger partial charge in [0.05, 0.1) is 4.88 Å². The number of nitrogens with zero attached hydrogens (tertiary/aromatic N) is 2. The van der Waals surface area contributed by atoms with Gasteiger partial charge in [0, 0.05) is 43.1 Å². The first-order chi connectivity index (χ1) is 14.5. The van der Waals surface area contributed by atoms with E-state index < -0.39 is 0 Å². The molecule has 2 aromatic carbocycles. The molecule has 1 aromatic heterocycles. The molecule has 4 nitrogen and oxygen atoms in total. The first-order valence-corrected chi connectivity index (χ1v) is 11.5. The molecular formula is C25H29N3OS. The van der Waals surface area contributed by atoms with Crippen molar-refractivity contribution in [2.75, 3.05) is 42.9 Å². The molecular weight excluding hydrogens is 390 g/mol. The van der Waals surface area contributed by atoms with Crippen molar-refractivity contribution in [1.29, 1.82) is 0 Å². The Balaban J connectivity index is 1.48. The summed E-state index contributed by atoms with van der Waals surface area (Å²) in [7, 11) is 0. The van der Waals surface area contributed by atoms with Gasteiger partial charge in [-0.1, -0.05) is 36.8 Å². The van der Waals surface area contributed by atoms with Gasteiger partial charge in [-0.3, -0.25) is 4.79 Å². The van der Waals surface area contributed by atoms with Crippen LogP contribution in [0.15, 0.2) is 53.9 Å². The topological polar surface area (TPSA) is 35.6 Å². The molecule has 2 heterocycles. The maximum absolute atomic E-state index is 13.0. The third-order valence-corrected chi connectivity index (χ3v) is 6.76. The second-order valence-electron chi connectivity index (χ2n) is 7.91. The van der Waals surface area contributed by atoms with Crippen LogP contribution in [0.5, 0.6) is 0 Å². The number of hydrogen-bond acceptors (Lipinski definition) is 4. The van der Waals surface area contributed by atoms with E-state index in [0.717, 1.165) is 54.4 Å². The lowest BCUT2D eigenvalue weighted by atomic mass is 10.0. The molecule has 1 N–H and O–H groups in total. The number of hydrogen-bond donors (Lipinski definition) is 1. The van der Waals surface area contributed by atoms with Gasteiger partial charge in [0.2, 0.25) is 0 Å². The van der Waals surface area contributed by atoms with Gasteiger partial charge in [-0.15, -0.1) is 11.3 Å². The Morgan fingerprint density at radius 3 is 2.40 bits per heavy atom. The highest BCUT2D eigenvalue weighted by Crippen LogP contribution is 2.30. The summed E-state index contributed by atoms with van der Waals surface area (Å²) in [5.74, 6) is -0.0516. The molecule has 0 aliphatic carbocycles. The predicted octanol–water partition coefficient (Wildman–Crippen LogP) is 5.43. The molecule has 0 atom stereocenters. The first kappa shape index (κ1) is 20.6. The van der Waals surface area contributed by atoms with Crippen molar-refractivity contribution in [1.82, 2.24) is 4.90 Å². The van der Waals surface area contributed by atoms with E-state index in [2.05, 4.69) is 72.3 Å². The van der Waals surface area contributed by atoms with Gasteiger partial charge in [0.25, 0.3) is 5.91 Å². The minimum Gasteiger partial charge on any atom is -0.369 e. The van der Waals surface area contributed by atoms with E-state index in [4.69, 9.17) is 0 Å². The van der Waals surface area contributed by atoms with Gasteiger partial charge >= 0.3 is 0 Å². The van der Waals surface area contributed by atoms with E-state index in [1.54, 1.807) is 0 Å². The zero-order valence-electron chi connectivity index (χ0n) is 17.9. The highest BCUT2D eigenvalue weighted by molar-refractivity contribution is 7.12. The smallest absolute Gasteiger partial charge is 0.266 e. The Bertz CT molecular complexity index is 1020. The van der Waals surface area contributed by atoms with Crippen LogP contribution in [0.4, 0.5) is 11.4 Å². The molecule has 1 aliphatic heterocycles. The molecule has 156 valence electrons. The average molecular weight is 420 g/mol. The van der Waals surface area contributed by atoms with Crippen molar-refractivity contribution >= 4 is 28.6 Å². The van der Waals surface area contributed by atoms with Gasteiger partial charge in [-0.25, -0.2) is 0 Å². The molecule has 1 amide bonds. The van der Waals surface area contributed by atoms with E-state index >= 15 is 0 Å². The maximum Gasteiger partial charge on any atom is 0.266 e. The summed E-state index contributed by atoms with van der Waals surface area (Å²) in [5, 5.41) is 5.08. The van der Waals surface area contributed by atoms with E-state index in [-0.39, 0.29) is 5.91 Å². The Morgan fingerprint density at radius 1 is 1.00 bits per heavy atom. The number of aryl methyl sites for hydroxylation is 2. The standard InChI is InChI=1S/C25H29N3OS/c1-4-27-12-14-28(15-13-27)23-10-9-21(17-19(23)3)26-25(29)24-22(11-16-30-24)20-7-5-18(2)6-8-20/h5-11,16-17H,4,12-15H2,1-3H3,(H,26,29). The number of nitrogens with one attached hydrogen (secondary N) is 1. The van der Waals surface area contributed by atoms with Crippen LogP contribution >= 0.6 is 11.3 Å². The number of thiophene rings is 1. The predicted molar refractivity (Wildman–Crippen MR) is 128 cm³/mol. The molecule has 1 aliphatic rings. The van der Waals surface area contributed by atoms with Crippen LogP contribution in [0.25, 0.3) is 11.1 Å². The monoisotopic (exact) mass is 419 g/mol. The number of benzene rings is 2. The number of carbonyl (C=O) groups is 1. The largest absolute Gasteiger partial charge is 0.369 e. The van der Waals surface area contributed by atoms with Crippen molar-refractivity contribution < 1.29 is 4.79 Å². The molecule has 0 bridgehead atoms. The summed E-state index contributed by atoms with van der Waals surface area (Å²) in [4.78, 5) is 18.7. The highest BCUT2D eigenvalue weighted by atomic mass is 32.1. The molecule has 0 spiro atoms. The summed E-state index contributed by atoms with van der Waals surface area (Å²) >= 11 is 1.48. The lowest BCUT2D eigenvalue weighted by Gasteiger charge is -2.36. The van der Waals surface area contributed by atoms with Crippen molar-refractivity contribution in [3.63, 3.8) is 0 Å². The summed E-state index contributed by atoms with van der Waals surface area (Å²) in [6.45, 7) is 11.8. The van der Waals surface area contributed by atoms with Crippen LogP contribution in [0.3, 0.4) is 0 Å². The Kier molecular flexibility index (Phi) is 6.21. The number of piperazine rings is 1. The fourth-order valence-corrected chi connectivity index (χ4v) is 4.84. The van der Waals surface area contributed by atoms with E-state index in [9.17, 15) is 4.79 Å². The molecule has 0 radical (unpaired) electrons. The maximum atomic E-state index is 13.0. The van der Waals surface area contributed by atoms with Crippen LogP contribution in [0.1, 0.15) is 27.7 Å². The number of rotatable bonds is 5. The average Bonchev–Trinajstić information content (AvgIpc) is 3.25. The van der Waals surface area contributed by atoms with Crippen molar-refractivity contribution in [3.05, 3.63) is 69.9 Å². The second-order valence-corrected chi connectivity index (χ2v) is 8.82. The molecule has 3 aromatic rings. The van der Waals surface area contributed by atoms with Gasteiger partial charge < -0.3 is 15.1 Å². The Labute approximate surface area is 183 Å². The summed E-state index contributed by atoms with van der Waals surface area (Å²) in [5.41, 5.74) is 6.58. The van der Waals surface area contributed by atoms with Crippen LogP contribution < -0.4 is 10.2 Å². The number of anilines is 2. The van der Waals surface area contributed by atoms with Crippen molar-refractivity contribution in [3.8, 4) is 11.1 Å². The third kappa shape index (κ3) is 4.42. The normalized spacial score (nSPS) is 14.7. The minimum absolute atomic E-state index is 0.0516. The lowest BCUT2D eigenvalue weighted by Crippen LogP contribution is -2.46. The van der Waals surface area contributed by atoms with Crippen LogP contribution in [-0.4, -0.2) is 43.5 Å². The highest BCUT2D eigenvalue weighted by Gasteiger charge is 2.18. The quantitative estimate of drug-likeness (QED) is 0.599. The van der Waals surface area contributed by atoms with Gasteiger partial charge in [0.15, 0.2) is 0 Å². The first-order valence-electron chi connectivity index (χ1n) is 10.6. The summed E-state index contributed by atoms with van der Waals surface area (Å²) < 4.78 is 0. The van der Waals surface area contributed by atoms with Gasteiger partial charge in [-0.2, -0.15) is 0 Å². The Hall–Kier alpha value is -2.63. The van der Waals surface area contributed by atoms with Crippen LogP contribution in [0.2, 0.25) is 0 Å². The second kappa shape index (κ2) is 9.02. The summed E-state index contributed by atoms with van der Waals surface area (Å²) in [6, 6.07) is 16.6. The van der Waals surface area contributed by atoms with Crippen molar-refractivity contribution in [2.45, 2.75) is 20.8 Å². The van der Waals surface area contributed by atoms with Crippen LogP contribution in [-0.2, 0) is 0 Å². The zero-order valence-corrected chi connectivity index (χ0v) is 18.8. The number of amides is 1. The zero-order chi connectivity index (χ0) is 21.1. The molecule has 5 heteroatoms. The third-order valence-electron chi connectivity index (χ3n) is 5.85. The van der Waals surface area contributed by atoms with Crippen molar-refractivity contribution in [2.24, 2.45) is 0 Å². The Morgan fingerprint density at radius 2 is 1.73 bits per heavy atom. The van der Waals surface area contributed by atoms with E-state index in [0.29, 0.717) is 0 Å². The fraction of sp³-hybridized carbons (Fsp3) is 0.320. The molecule has 1 saturated heterocycles. The molecule has 0 unspecified atom stereocenters. The molecule has 0 saturated carbocycles. The summed E-state index contributed by atoms with van der Waals surface area (Å²) in [6.07, 6.45) is 0. The minimum atomic E-state index is -0.0516. The van der Waals surface area contributed by atoms with Crippen LogP contribution in [0, 0.1) is 13.8 Å².